The molecule has 1 unspecified atom stereocenters. The first kappa shape index (κ1) is 17.6. The highest BCUT2D eigenvalue weighted by atomic mass is 19.1. The lowest BCUT2D eigenvalue weighted by atomic mass is 10.0. The maximum absolute atomic E-state index is 13.4. The number of hydrazone groups is 1. The lowest BCUT2D eigenvalue weighted by Crippen LogP contribution is -2.39. The molecule has 3 rings (SSSR count). The Morgan fingerprint density at radius 1 is 1.08 bits per heavy atom. The van der Waals surface area contributed by atoms with E-state index in [1.54, 1.807) is 0 Å². The second-order valence-electron chi connectivity index (χ2n) is 5.48. The standard InChI is InChI=1S/C16H15F3N6O/c17-11-5-10(6-12(18)7-11)14-1-2-24-25(14)16(26)21-4-3-20-15-22-8-13(19)9-23-15/h2,5-9,14H,1,3-4H2,(H,21,26)(H,20,22,23). The second-order valence-corrected chi connectivity index (χ2v) is 5.48. The molecule has 0 bridgehead atoms. The topological polar surface area (TPSA) is 82.5 Å². The van der Waals surface area contributed by atoms with Crippen LogP contribution in [0.2, 0.25) is 0 Å². The predicted molar refractivity (Wildman–Crippen MR) is 87.9 cm³/mol. The van der Waals surface area contributed by atoms with E-state index in [0.29, 0.717) is 18.5 Å². The van der Waals surface area contributed by atoms with Gasteiger partial charge in [-0.3, -0.25) is 0 Å². The summed E-state index contributed by atoms with van der Waals surface area (Å²) in [5, 5.41) is 10.6. The summed E-state index contributed by atoms with van der Waals surface area (Å²) in [5.74, 6) is -1.74. The van der Waals surface area contributed by atoms with Crippen molar-refractivity contribution in [3.8, 4) is 0 Å². The molecule has 0 radical (unpaired) electrons. The molecular formula is C16H15F3N6O. The summed E-state index contributed by atoms with van der Waals surface area (Å²) < 4.78 is 39.5. The van der Waals surface area contributed by atoms with E-state index >= 15 is 0 Å². The van der Waals surface area contributed by atoms with Crippen LogP contribution in [0.15, 0.2) is 35.7 Å². The van der Waals surface area contributed by atoms with Gasteiger partial charge in [-0.25, -0.2) is 32.9 Å². The summed E-state index contributed by atoms with van der Waals surface area (Å²) in [6.07, 6.45) is 3.92. The van der Waals surface area contributed by atoms with Crippen molar-refractivity contribution in [1.82, 2.24) is 20.3 Å². The van der Waals surface area contributed by atoms with E-state index in [1.165, 1.54) is 18.3 Å². The summed E-state index contributed by atoms with van der Waals surface area (Å²) in [4.78, 5) is 19.7. The first-order valence-corrected chi connectivity index (χ1v) is 7.80. The average Bonchev–Trinajstić information content (AvgIpc) is 3.09. The van der Waals surface area contributed by atoms with Gasteiger partial charge in [0.2, 0.25) is 5.95 Å². The molecule has 2 N–H and O–H groups in total. The molecule has 1 aromatic heterocycles. The van der Waals surface area contributed by atoms with Crippen LogP contribution in [0.1, 0.15) is 18.0 Å². The summed E-state index contributed by atoms with van der Waals surface area (Å²) in [5.41, 5.74) is 0.327. The molecule has 0 saturated carbocycles. The minimum atomic E-state index is -0.712. The van der Waals surface area contributed by atoms with Crippen molar-refractivity contribution in [2.45, 2.75) is 12.5 Å². The average molecular weight is 364 g/mol. The van der Waals surface area contributed by atoms with Crippen molar-refractivity contribution < 1.29 is 18.0 Å². The number of carbonyl (C=O) groups is 1. The Morgan fingerprint density at radius 2 is 1.77 bits per heavy atom. The van der Waals surface area contributed by atoms with Crippen LogP contribution in [0.5, 0.6) is 0 Å². The zero-order valence-corrected chi connectivity index (χ0v) is 13.5. The smallest absolute Gasteiger partial charge is 0.338 e. The van der Waals surface area contributed by atoms with Crippen LogP contribution in [0.25, 0.3) is 0 Å². The Morgan fingerprint density at radius 3 is 2.46 bits per heavy atom. The van der Waals surface area contributed by atoms with Crippen LogP contribution in [-0.2, 0) is 0 Å². The molecule has 1 atom stereocenters. The molecule has 2 amide bonds. The summed E-state index contributed by atoms with van der Waals surface area (Å²) in [6, 6.07) is 2.04. The Bertz CT molecular complexity index is 794. The third-order valence-corrected chi connectivity index (χ3v) is 3.61. The minimum absolute atomic E-state index is 0.218. The number of nitrogens with zero attached hydrogens (tertiary/aromatic N) is 4. The van der Waals surface area contributed by atoms with Gasteiger partial charge in [-0.15, -0.1) is 0 Å². The molecule has 1 aromatic carbocycles. The van der Waals surface area contributed by atoms with Gasteiger partial charge in [0.05, 0.1) is 18.4 Å². The van der Waals surface area contributed by atoms with Crippen LogP contribution in [0.4, 0.5) is 23.9 Å². The number of urea groups is 1. The van der Waals surface area contributed by atoms with E-state index < -0.39 is 29.5 Å². The van der Waals surface area contributed by atoms with Gasteiger partial charge >= 0.3 is 6.03 Å². The van der Waals surface area contributed by atoms with Gasteiger partial charge < -0.3 is 10.6 Å². The highest BCUT2D eigenvalue weighted by molar-refractivity contribution is 5.78. The molecular weight excluding hydrogens is 349 g/mol. The van der Waals surface area contributed by atoms with Crippen LogP contribution in [0, 0.1) is 17.5 Å². The highest BCUT2D eigenvalue weighted by Gasteiger charge is 2.28. The summed E-state index contributed by atoms with van der Waals surface area (Å²) in [6.45, 7) is 0.518. The van der Waals surface area contributed by atoms with E-state index in [9.17, 15) is 18.0 Å². The predicted octanol–water partition coefficient (Wildman–Crippen LogP) is 2.45. The summed E-state index contributed by atoms with van der Waals surface area (Å²) >= 11 is 0. The van der Waals surface area contributed by atoms with E-state index in [2.05, 4.69) is 25.7 Å². The van der Waals surface area contributed by atoms with Crippen molar-refractivity contribution in [2.24, 2.45) is 5.10 Å². The number of rotatable bonds is 5. The van der Waals surface area contributed by atoms with Crippen LogP contribution < -0.4 is 10.6 Å². The first-order chi connectivity index (χ1) is 12.5. The fourth-order valence-electron chi connectivity index (χ4n) is 2.48. The van der Waals surface area contributed by atoms with Crippen LogP contribution in [-0.4, -0.2) is 40.3 Å². The Hall–Kier alpha value is -3.17. The molecule has 0 saturated heterocycles. The first-order valence-electron chi connectivity index (χ1n) is 7.80. The number of nitrogens with one attached hydrogen (secondary N) is 2. The molecule has 2 aromatic rings. The lowest BCUT2D eigenvalue weighted by Gasteiger charge is -2.22. The molecule has 0 aliphatic carbocycles. The van der Waals surface area contributed by atoms with E-state index in [-0.39, 0.29) is 12.5 Å². The van der Waals surface area contributed by atoms with Crippen molar-refractivity contribution in [1.29, 1.82) is 0 Å². The SMILES string of the molecule is O=C(NCCNc1ncc(F)cn1)N1N=CCC1c1cc(F)cc(F)c1. The monoisotopic (exact) mass is 364 g/mol. The van der Waals surface area contributed by atoms with Gasteiger partial charge in [-0.05, 0) is 17.7 Å². The maximum Gasteiger partial charge on any atom is 0.338 e. The van der Waals surface area contributed by atoms with Crippen LogP contribution in [0.3, 0.4) is 0 Å². The number of anilines is 1. The molecule has 136 valence electrons. The fraction of sp³-hybridized carbons (Fsp3) is 0.250. The third kappa shape index (κ3) is 4.26. The molecule has 2 heterocycles. The largest absolute Gasteiger partial charge is 0.352 e. The van der Waals surface area contributed by atoms with Gasteiger partial charge in [0.1, 0.15) is 11.6 Å². The molecule has 26 heavy (non-hydrogen) atoms. The quantitative estimate of drug-likeness (QED) is 0.799. The van der Waals surface area contributed by atoms with Crippen molar-refractivity contribution in [3.63, 3.8) is 0 Å². The Labute approximate surface area is 146 Å². The van der Waals surface area contributed by atoms with Crippen molar-refractivity contribution in [2.75, 3.05) is 18.4 Å². The minimum Gasteiger partial charge on any atom is -0.352 e. The van der Waals surface area contributed by atoms with Crippen molar-refractivity contribution >= 4 is 18.2 Å². The summed E-state index contributed by atoms with van der Waals surface area (Å²) in [7, 11) is 0. The normalized spacial score (nSPS) is 16.0. The van der Waals surface area contributed by atoms with Gasteiger partial charge in [-0.2, -0.15) is 5.10 Å². The van der Waals surface area contributed by atoms with E-state index in [4.69, 9.17) is 0 Å². The number of halogens is 3. The van der Waals surface area contributed by atoms with Gasteiger partial charge in [0, 0.05) is 31.8 Å². The number of carbonyl (C=O) groups excluding carboxylic acids is 1. The van der Waals surface area contributed by atoms with E-state index in [0.717, 1.165) is 23.5 Å². The molecule has 10 heteroatoms. The van der Waals surface area contributed by atoms with Crippen LogP contribution >= 0.6 is 0 Å². The Kier molecular flexibility index (Phi) is 5.30. The van der Waals surface area contributed by atoms with Gasteiger partial charge in [-0.1, -0.05) is 0 Å². The number of amides is 2. The Balaban J connectivity index is 1.53. The number of hydrogen-bond donors (Lipinski definition) is 2. The lowest BCUT2D eigenvalue weighted by molar-refractivity contribution is 0.186. The third-order valence-electron chi connectivity index (χ3n) is 3.61. The zero-order chi connectivity index (χ0) is 18.5. The van der Waals surface area contributed by atoms with Gasteiger partial charge in [0.25, 0.3) is 0 Å². The van der Waals surface area contributed by atoms with Crippen molar-refractivity contribution in [3.05, 3.63) is 53.6 Å². The molecule has 1 aliphatic heterocycles. The van der Waals surface area contributed by atoms with E-state index in [1.807, 2.05) is 0 Å². The number of hydrogen-bond acceptors (Lipinski definition) is 5. The maximum atomic E-state index is 13.4. The zero-order valence-electron chi connectivity index (χ0n) is 13.5. The molecule has 7 nitrogen and oxygen atoms in total. The molecule has 0 fully saturated rings. The molecule has 1 aliphatic rings. The fourth-order valence-corrected chi connectivity index (χ4v) is 2.48. The van der Waals surface area contributed by atoms with Gasteiger partial charge in [0.15, 0.2) is 5.82 Å². The number of aromatic nitrogens is 2. The molecule has 0 spiro atoms. The highest BCUT2D eigenvalue weighted by Crippen LogP contribution is 2.29. The second kappa shape index (κ2) is 7.81. The number of benzene rings is 1.